The highest BCUT2D eigenvalue weighted by Gasteiger charge is 2.34. The Kier molecular flexibility index (Phi) is 5.13. The fraction of sp³-hybridized carbons (Fsp3) is 0.222. The predicted molar refractivity (Wildman–Crippen MR) is 95.3 cm³/mol. The van der Waals surface area contributed by atoms with Crippen LogP contribution in [0.5, 0.6) is 0 Å². The molecule has 1 aromatic carbocycles. The number of nitrogens with zero attached hydrogens (tertiary/aromatic N) is 1. The molecule has 1 aliphatic rings. The van der Waals surface area contributed by atoms with Crippen molar-refractivity contribution in [1.82, 2.24) is 4.90 Å². The summed E-state index contributed by atoms with van der Waals surface area (Å²) in [5.41, 5.74) is 1.18. The van der Waals surface area contributed by atoms with Gasteiger partial charge in [-0.15, -0.1) is 11.3 Å². The van der Waals surface area contributed by atoms with Gasteiger partial charge in [-0.25, -0.2) is 4.79 Å². The smallest absolute Gasteiger partial charge is 0.350 e. The average molecular weight is 372 g/mol. The number of nitrogens with one attached hydrogen (secondary N) is 1. The molecule has 0 unspecified atom stereocenters. The minimum atomic E-state index is -0.513. The normalized spacial score (nSPS) is 12.9. The summed E-state index contributed by atoms with van der Waals surface area (Å²) < 4.78 is 4.66. The number of carbonyl (C=O) groups excluding carboxylic acids is 4. The van der Waals surface area contributed by atoms with E-state index in [9.17, 15) is 19.2 Å². The summed E-state index contributed by atoms with van der Waals surface area (Å²) in [5.74, 6) is -1.49. The zero-order valence-corrected chi connectivity index (χ0v) is 14.8. The van der Waals surface area contributed by atoms with Gasteiger partial charge in [0.15, 0.2) is 0 Å². The van der Waals surface area contributed by atoms with Crippen molar-refractivity contribution in [2.24, 2.45) is 0 Å². The monoisotopic (exact) mass is 372 g/mol. The summed E-state index contributed by atoms with van der Waals surface area (Å²) >= 11 is 1.18. The number of ether oxygens (including phenoxy) is 1. The fourth-order valence-corrected chi connectivity index (χ4v) is 3.48. The lowest BCUT2D eigenvalue weighted by Crippen LogP contribution is -2.31. The van der Waals surface area contributed by atoms with Crippen molar-refractivity contribution < 1.29 is 23.9 Å². The number of rotatable bonds is 6. The number of hydrogen-bond acceptors (Lipinski definition) is 6. The molecule has 2 aromatic rings. The minimum Gasteiger partial charge on any atom is -0.465 e. The molecule has 0 spiro atoms. The molecule has 7 nitrogen and oxygen atoms in total. The van der Waals surface area contributed by atoms with Gasteiger partial charge in [-0.05, 0) is 30.0 Å². The summed E-state index contributed by atoms with van der Waals surface area (Å²) in [4.78, 5) is 49.7. The van der Waals surface area contributed by atoms with E-state index in [2.05, 4.69) is 10.1 Å². The van der Waals surface area contributed by atoms with Crippen LogP contribution in [-0.4, -0.2) is 42.2 Å². The summed E-state index contributed by atoms with van der Waals surface area (Å²) in [6.07, 6.45) is 0.443. The number of methoxy groups -OCH3 is 1. The maximum Gasteiger partial charge on any atom is 0.350 e. The SMILES string of the molecule is COC(=O)c1sccc1NC(=O)CCCN1C(=O)c2ccccc2C1=O. The van der Waals surface area contributed by atoms with Crippen molar-refractivity contribution in [1.29, 1.82) is 0 Å². The van der Waals surface area contributed by atoms with Crippen LogP contribution in [0.1, 0.15) is 43.2 Å². The second-order valence-corrected chi connectivity index (χ2v) is 6.53. The van der Waals surface area contributed by atoms with E-state index < -0.39 is 5.97 Å². The van der Waals surface area contributed by atoms with Gasteiger partial charge in [0.2, 0.25) is 5.91 Å². The maximum atomic E-state index is 12.2. The Balaban J connectivity index is 1.54. The Bertz CT molecular complexity index is 854. The van der Waals surface area contributed by atoms with Gasteiger partial charge < -0.3 is 10.1 Å². The zero-order valence-electron chi connectivity index (χ0n) is 14.0. The van der Waals surface area contributed by atoms with Crippen LogP contribution in [0.15, 0.2) is 35.7 Å². The zero-order chi connectivity index (χ0) is 18.7. The standard InChI is InChI=1S/C18H16N2O5S/c1-25-18(24)15-13(8-10-26-15)19-14(21)7-4-9-20-16(22)11-5-2-3-6-12(11)17(20)23/h2-3,5-6,8,10H,4,7,9H2,1H3,(H,19,21). The number of benzene rings is 1. The Hall–Kier alpha value is -3.00. The first kappa shape index (κ1) is 17.8. The van der Waals surface area contributed by atoms with Crippen molar-refractivity contribution >= 4 is 40.7 Å². The van der Waals surface area contributed by atoms with E-state index in [1.807, 2.05) is 0 Å². The van der Waals surface area contributed by atoms with Crippen molar-refractivity contribution in [3.8, 4) is 0 Å². The first-order valence-corrected chi connectivity index (χ1v) is 8.81. The molecule has 0 bridgehead atoms. The fourth-order valence-electron chi connectivity index (χ4n) is 2.71. The molecule has 0 fully saturated rings. The van der Waals surface area contributed by atoms with E-state index in [0.29, 0.717) is 28.1 Å². The molecule has 0 radical (unpaired) electrons. The van der Waals surface area contributed by atoms with Crippen LogP contribution in [0.3, 0.4) is 0 Å². The first-order chi connectivity index (χ1) is 12.5. The molecule has 8 heteroatoms. The number of hydrogen-bond donors (Lipinski definition) is 1. The Morgan fingerprint density at radius 2 is 1.77 bits per heavy atom. The van der Waals surface area contributed by atoms with Crippen molar-refractivity contribution in [2.45, 2.75) is 12.8 Å². The summed E-state index contributed by atoms with van der Waals surface area (Å²) in [7, 11) is 1.27. The number of carbonyl (C=O) groups is 4. The molecule has 0 saturated carbocycles. The van der Waals surface area contributed by atoms with E-state index in [1.165, 1.54) is 18.4 Å². The topological polar surface area (TPSA) is 92.8 Å². The molecule has 26 heavy (non-hydrogen) atoms. The molecular formula is C18H16N2O5S. The summed E-state index contributed by atoms with van der Waals surface area (Å²) in [6.45, 7) is 0.160. The molecule has 3 amide bonds. The lowest BCUT2D eigenvalue weighted by molar-refractivity contribution is -0.116. The Morgan fingerprint density at radius 1 is 1.12 bits per heavy atom. The molecule has 3 rings (SSSR count). The lowest BCUT2D eigenvalue weighted by atomic mass is 10.1. The van der Waals surface area contributed by atoms with E-state index >= 15 is 0 Å². The van der Waals surface area contributed by atoms with Gasteiger partial charge in [0.05, 0.1) is 23.9 Å². The second kappa shape index (κ2) is 7.49. The van der Waals surface area contributed by atoms with Gasteiger partial charge >= 0.3 is 5.97 Å². The number of imide groups is 1. The van der Waals surface area contributed by atoms with Crippen molar-refractivity contribution in [3.63, 3.8) is 0 Å². The number of amides is 3. The lowest BCUT2D eigenvalue weighted by Gasteiger charge is -2.13. The third-order valence-electron chi connectivity index (χ3n) is 3.97. The molecule has 1 aliphatic heterocycles. The molecule has 0 aliphatic carbocycles. The number of anilines is 1. The van der Waals surface area contributed by atoms with Crippen molar-refractivity contribution in [3.05, 3.63) is 51.7 Å². The van der Waals surface area contributed by atoms with Crippen LogP contribution in [0.4, 0.5) is 5.69 Å². The maximum absolute atomic E-state index is 12.2. The third-order valence-corrected chi connectivity index (χ3v) is 4.87. The number of thiophene rings is 1. The van der Waals surface area contributed by atoms with Gasteiger partial charge in [-0.3, -0.25) is 19.3 Å². The van der Waals surface area contributed by atoms with Gasteiger partial charge in [0.25, 0.3) is 11.8 Å². The highest BCUT2D eigenvalue weighted by atomic mass is 32.1. The van der Waals surface area contributed by atoms with Gasteiger partial charge in [0, 0.05) is 13.0 Å². The van der Waals surface area contributed by atoms with Crippen LogP contribution in [0.25, 0.3) is 0 Å². The molecular weight excluding hydrogens is 356 g/mol. The van der Waals surface area contributed by atoms with E-state index in [4.69, 9.17) is 0 Å². The molecule has 2 heterocycles. The summed E-state index contributed by atoms with van der Waals surface area (Å²) in [5, 5.41) is 4.33. The minimum absolute atomic E-state index is 0.115. The largest absolute Gasteiger partial charge is 0.465 e. The van der Waals surface area contributed by atoms with Crippen molar-refractivity contribution in [2.75, 3.05) is 19.0 Å². The van der Waals surface area contributed by atoms with Crippen LogP contribution >= 0.6 is 11.3 Å². The molecule has 0 saturated heterocycles. The second-order valence-electron chi connectivity index (χ2n) is 5.61. The number of esters is 1. The Morgan fingerprint density at radius 3 is 2.38 bits per heavy atom. The quantitative estimate of drug-likeness (QED) is 0.621. The van der Waals surface area contributed by atoms with Gasteiger partial charge in [0.1, 0.15) is 4.88 Å². The van der Waals surface area contributed by atoms with Crippen LogP contribution in [0, 0.1) is 0 Å². The van der Waals surface area contributed by atoms with E-state index in [1.54, 1.807) is 35.7 Å². The average Bonchev–Trinajstić information content (AvgIpc) is 3.20. The first-order valence-electron chi connectivity index (χ1n) is 7.94. The van der Waals surface area contributed by atoms with Gasteiger partial charge in [-0.2, -0.15) is 0 Å². The van der Waals surface area contributed by atoms with Crippen LogP contribution in [-0.2, 0) is 9.53 Å². The highest BCUT2D eigenvalue weighted by molar-refractivity contribution is 7.12. The van der Waals surface area contributed by atoms with Crippen LogP contribution in [0.2, 0.25) is 0 Å². The van der Waals surface area contributed by atoms with Crippen LogP contribution < -0.4 is 5.32 Å². The summed E-state index contributed by atoms with van der Waals surface area (Å²) in [6, 6.07) is 8.28. The Labute approximate surface area is 153 Å². The van der Waals surface area contributed by atoms with E-state index in [-0.39, 0.29) is 30.7 Å². The van der Waals surface area contributed by atoms with E-state index in [0.717, 1.165) is 4.90 Å². The molecule has 134 valence electrons. The third kappa shape index (κ3) is 3.36. The molecule has 1 N–H and O–H groups in total. The highest BCUT2D eigenvalue weighted by Crippen LogP contribution is 2.24. The number of fused-ring (bicyclic) bond motifs is 1. The predicted octanol–water partition coefficient (Wildman–Crippen LogP) is 2.55. The molecule has 0 atom stereocenters. The molecule has 1 aromatic heterocycles. The van der Waals surface area contributed by atoms with Gasteiger partial charge in [-0.1, -0.05) is 12.1 Å².